The van der Waals surface area contributed by atoms with Crippen molar-refractivity contribution in [2.24, 2.45) is 0 Å². The monoisotopic (exact) mass is 490 g/mol. The zero-order valence-corrected chi connectivity index (χ0v) is 20.8. The summed E-state index contributed by atoms with van der Waals surface area (Å²) in [7, 11) is 0. The highest BCUT2D eigenvalue weighted by atomic mass is 35.5. The Hall–Kier alpha value is -2.16. The predicted octanol–water partition coefficient (Wildman–Crippen LogP) is 6.01. The molecule has 0 unspecified atom stereocenters. The first kappa shape index (κ1) is 24.5. The molecule has 0 fully saturated rings. The summed E-state index contributed by atoms with van der Waals surface area (Å²) < 4.78 is 4.76. The Morgan fingerprint density at radius 2 is 1.97 bits per heavy atom. The second-order valence-corrected chi connectivity index (χ2v) is 10.8. The lowest BCUT2D eigenvalue weighted by atomic mass is 10.2. The van der Waals surface area contributed by atoms with Gasteiger partial charge in [-0.1, -0.05) is 37.1 Å². The van der Waals surface area contributed by atoms with Gasteiger partial charge in [0.05, 0.1) is 13.2 Å². The maximum absolute atomic E-state index is 12.4. The van der Waals surface area contributed by atoms with Crippen LogP contribution in [0.15, 0.2) is 53.1 Å². The molecule has 1 aromatic carbocycles. The van der Waals surface area contributed by atoms with Crippen molar-refractivity contribution >= 4 is 46.5 Å². The van der Waals surface area contributed by atoms with Gasteiger partial charge in [0.15, 0.2) is 0 Å². The minimum Gasteiger partial charge on any atom is -0.465 e. The molecular formula is C23H27ClN4O2S2. The lowest BCUT2D eigenvalue weighted by Gasteiger charge is -2.24. The molecule has 0 aliphatic carbocycles. The molecule has 0 atom stereocenters. The second-order valence-electron chi connectivity index (χ2n) is 7.73. The van der Waals surface area contributed by atoms with Gasteiger partial charge in [0.25, 0.3) is 0 Å². The van der Waals surface area contributed by atoms with Crippen LogP contribution in [-0.2, 0) is 22.6 Å². The Balaban J connectivity index is 1.68. The summed E-state index contributed by atoms with van der Waals surface area (Å²) in [4.78, 5) is 28.3. The molecule has 2 aromatic heterocycles. The fourth-order valence-corrected chi connectivity index (χ4v) is 4.69. The molecule has 0 N–H and O–H groups in total. The quantitative estimate of drug-likeness (QED) is 0.141. The van der Waals surface area contributed by atoms with Crippen LogP contribution < -0.4 is 4.90 Å². The molecule has 0 saturated carbocycles. The number of aromatic nitrogens is 3. The number of hydrogen-bond acceptors (Lipinski definition) is 8. The number of carbonyl (C=O) groups excluding carboxylic acids is 1. The van der Waals surface area contributed by atoms with Crippen molar-refractivity contribution < 1.29 is 9.53 Å². The SMILES string of the molecule is CCCCOC(=O)C(C)(C)Sc1ccc(CN(Cc2nccs2)c2cc(Cl)ncn2)cc1. The number of esters is 1. The van der Waals surface area contributed by atoms with E-state index in [-0.39, 0.29) is 5.97 Å². The van der Waals surface area contributed by atoms with Gasteiger partial charge in [-0.25, -0.2) is 15.0 Å². The van der Waals surface area contributed by atoms with Crippen molar-refractivity contribution in [3.05, 3.63) is 64.0 Å². The Labute approximate surface area is 202 Å². The number of anilines is 1. The van der Waals surface area contributed by atoms with Gasteiger partial charge in [0.2, 0.25) is 0 Å². The van der Waals surface area contributed by atoms with Gasteiger partial charge >= 0.3 is 5.97 Å². The average molecular weight is 491 g/mol. The summed E-state index contributed by atoms with van der Waals surface area (Å²) in [5.41, 5.74) is 1.11. The summed E-state index contributed by atoms with van der Waals surface area (Å²) in [6.45, 7) is 7.61. The predicted molar refractivity (Wildman–Crippen MR) is 131 cm³/mol. The lowest BCUT2D eigenvalue weighted by molar-refractivity contribution is -0.145. The minimum absolute atomic E-state index is 0.185. The molecule has 0 saturated heterocycles. The van der Waals surface area contributed by atoms with E-state index in [4.69, 9.17) is 16.3 Å². The highest BCUT2D eigenvalue weighted by Crippen LogP contribution is 2.34. The van der Waals surface area contributed by atoms with Gasteiger partial charge in [-0.3, -0.25) is 4.79 Å². The zero-order valence-electron chi connectivity index (χ0n) is 18.5. The summed E-state index contributed by atoms with van der Waals surface area (Å²) in [5, 5.41) is 3.36. The maximum atomic E-state index is 12.4. The molecule has 2 heterocycles. The molecule has 0 spiro atoms. The third-order valence-corrected chi connectivity index (χ3v) is 6.80. The summed E-state index contributed by atoms with van der Waals surface area (Å²) in [6.07, 6.45) is 5.15. The topological polar surface area (TPSA) is 68.2 Å². The van der Waals surface area contributed by atoms with Crippen LogP contribution in [0.2, 0.25) is 5.15 Å². The normalized spacial score (nSPS) is 11.4. The van der Waals surface area contributed by atoms with Crippen molar-refractivity contribution in [3.8, 4) is 0 Å². The van der Waals surface area contributed by atoms with Gasteiger partial charge in [0, 0.05) is 29.1 Å². The highest BCUT2D eigenvalue weighted by molar-refractivity contribution is 8.01. The average Bonchev–Trinajstić information content (AvgIpc) is 3.28. The molecule has 170 valence electrons. The molecule has 32 heavy (non-hydrogen) atoms. The highest BCUT2D eigenvalue weighted by Gasteiger charge is 2.30. The van der Waals surface area contributed by atoms with Crippen LogP contribution in [-0.4, -0.2) is 32.3 Å². The van der Waals surface area contributed by atoms with Crippen molar-refractivity contribution in [3.63, 3.8) is 0 Å². The lowest BCUT2D eigenvalue weighted by Crippen LogP contribution is -2.30. The van der Waals surface area contributed by atoms with Crippen molar-refractivity contribution in [2.45, 2.75) is 56.3 Å². The molecule has 0 amide bonds. The first-order valence-corrected chi connectivity index (χ1v) is 12.5. The Morgan fingerprint density at radius 3 is 2.62 bits per heavy atom. The van der Waals surface area contributed by atoms with Crippen molar-refractivity contribution in [1.29, 1.82) is 0 Å². The number of hydrogen-bond donors (Lipinski definition) is 0. The number of halogens is 1. The van der Waals surface area contributed by atoms with E-state index in [1.807, 2.05) is 31.4 Å². The fourth-order valence-electron chi connectivity index (χ4n) is 2.91. The van der Waals surface area contributed by atoms with Crippen LogP contribution >= 0.6 is 34.7 Å². The van der Waals surface area contributed by atoms with E-state index in [0.29, 0.717) is 24.8 Å². The Morgan fingerprint density at radius 1 is 1.19 bits per heavy atom. The van der Waals surface area contributed by atoms with E-state index in [1.165, 1.54) is 18.1 Å². The van der Waals surface area contributed by atoms with Crippen LogP contribution in [0.5, 0.6) is 0 Å². The second kappa shape index (κ2) is 11.6. The summed E-state index contributed by atoms with van der Waals surface area (Å²) in [5.74, 6) is 0.560. The standard InChI is InChI=1S/C23H27ClN4O2S2/c1-4-5-11-30-22(29)23(2,3)32-18-8-6-17(7-9-18)14-28(15-21-25-10-12-31-21)20-13-19(24)26-16-27-20/h6-10,12-13,16H,4-5,11,14-15H2,1-3H3. The maximum Gasteiger partial charge on any atom is 0.321 e. The van der Waals surface area contributed by atoms with E-state index < -0.39 is 4.75 Å². The minimum atomic E-state index is -0.649. The van der Waals surface area contributed by atoms with Crippen molar-refractivity contribution in [1.82, 2.24) is 15.0 Å². The molecule has 0 aliphatic rings. The summed E-state index contributed by atoms with van der Waals surface area (Å²) in [6, 6.07) is 9.97. The fraction of sp³-hybridized carbons (Fsp3) is 0.391. The van der Waals surface area contributed by atoms with Gasteiger partial charge < -0.3 is 9.64 Å². The van der Waals surface area contributed by atoms with E-state index in [9.17, 15) is 4.79 Å². The largest absolute Gasteiger partial charge is 0.465 e. The number of thioether (sulfide) groups is 1. The van der Waals surface area contributed by atoms with Crippen LogP contribution in [0.1, 0.15) is 44.2 Å². The molecule has 0 radical (unpaired) electrons. The molecule has 3 aromatic rings. The number of nitrogens with zero attached hydrogens (tertiary/aromatic N) is 4. The van der Waals surface area contributed by atoms with Crippen molar-refractivity contribution in [2.75, 3.05) is 11.5 Å². The van der Waals surface area contributed by atoms with Crippen LogP contribution in [0.3, 0.4) is 0 Å². The van der Waals surface area contributed by atoms with Gasteiger partial charge in [0.1, 0.15) is 27.1 Å². The molecular weight excluding hydrogens is 464 g/mol. The zero-order chi connectivity index (χ0) is 23.0. The molecule has 6 nitrogen and oxygen atoms in total. The Kier molecular flexibility index (Phi) is 8.90. The number of benzene rings is 1. The number of unbranched alkanes of at least 4 members (excludes halogenated alkanes) is 1. The van der Waals surface area contributed by atoms with E-state index in [0.717, 1.165) is 34.1 Å². The van der Waals surface area contributed by atoms with Gasteiger partial charge in [-0.2, -0.15) is 0 Å². The number of ether oxygens (including phenoxy) is 1. The molecule has 9 heteroatoms. The van der Waals surface area contributed by atoms with E-state index in [2.05, 4.69) is 38.9 Å². The molecule has 0 bridgehead atoms. The number of rotatable bonds is 11. The number of thiazole rings is 1. The first-order valence-electron chi connectivity index (χ1n) is 10.4. The molecule has 3 rings (SSSR count). The van der Waals surface area contributed by atoms with E-state index in [1.54, 1.807) is 23.6 Å². The Bertz CT molecular complexity index is 997. The number of carbonyl (C=O) groups is 1. The van der Waals surface area contributed by atoms with Crippen LogP contribution in [0.25, 0.3) is 0 Å². The van der Waals surface area contributed by atoms with Crippen LogP contribution in [0, 0.1) is 0 Å². The van der Waals surface area contributed by atoms with Gasteiger partial charge in [-0.05, 0) is 38.0 Å². The third kappa shape index (κ3) is 7.18. The smallest absolute Gasteiger partial charge is 0.321 e. The molecule has 0 aliphatic heterocycles. The third-order valence-electron chi connectivity index (χ3n) is 4.65. The summed E-state index contributed by atoms with van der Waals surface area (Å²) >= 11 is 9.20. The van der Waals surface area contributed by atoms with Gasteiger partial charge in [-0.15, -0.1) is 23.1 Å². The van der Waals surface area contributed by atoms with E-state index >= 15 is 0 Å². The first-order chi connectivity index (χ1) is 15.4. The van der Waals surface area contributed by atoms with Crippen LogP contribution in [0.4, 0.5) is 5.82 Å².